The number of hydrogen-bond acceptors (Lipinski definition) is 3. The van der Waals surface area contributed by atoms with Gasteiger partial charge >= 0.3 is 0 Å². The number of benzene rings is 2. The topological polar surface area (TPSA) is 70.9 Å². The molecule has 2 aromatic heterocycles. The van der Waals surface area contributed by atoms with Gasteiger partial charge in [0.1, 0.15) is 11.5 Å². The van der Waals surface area contributed by atoms with Gasteiger partial charge in [0.15, 0.2) is 5.58 Å². The Kier molecular flexibility index (Phi) is 3.93. The fraction of sp³-hybridized carbons (Fsp3) is 0.158. The molecule has 0 aliphatic rings. The highest BCUT2D eigenvalue weighted by Crippen LogP contribution is 2.20. The van der Waals surface area contributed by atoms with Crippen LogP contribution in [0, 0.1) is 5.82 Å². The van der Waals surface area contributed by atoms with Crippen LogP contribution in [0.4, 0.5) is 4.39 Å². The third-order valence-electron chi connectivity index (χ3n) is 4.23. The van der Waals surface area contributed by atoms with Crippen molar-refractivity contribution in [1.29, 1.82) is 0 Å². The number of aromatic amines is 1. The highest BCUT2D eigenvalue weighted by Gasteiger charge is 2.12. The van der Waals surface area contributed by atoms with E-state index in [9.17, 15) is 9.18 Å². The van der Waals surface area contributed by atoms with Crippen molar-refractivity contribution in [2.45, 2.75) is 12.8 Å². The number of fused-ring (bicyclic) bond motifs is 2. The van der Waals surface area contributed by atoms with Gasteiger partial charge in [-0.2, -0.15) is 0 Å². The van der Waals surface area contributed by atoms with E-state index in [0.29, 0.717) is 24.2 Å². The molecule has 0 unspecified atom stereocenters. The largest absolute Gasteiger partial charge is 0.361 e. The number of H-pyrrole nitrogens is 1. The zero-order valence-electron chi connectivity index (χ0n) is 13.4. The lowest BCUT2D eigenvalue weighted by atomic mass is 10.1. The summed E-state index contributed by atoms with van der Waals surface area (Å²) in [6.07, 6.45) is 2.69. The summed E-state index contributed by atoms with van der Waals surface area (Å²) in [7, 11) is 0. The van der Waals surface area contributed by atoms with E-state index in [1.54, 1.807) is 6.07 Å². The van der Waals surface area contributed by atoms with E-state index in [-0.39, 0.29) is 18.1 Å². The molecule has 0 aliphatic heterocycles. The van der Waals surface area contributed by atoms with Crippen LogP contribution in [0.2, 0.25) is 0 Å². The standard InChI is InChI=1S/C19H16FN3O2/c20-13-5-6-14-12(11-22-16(14)9-13)7-8-21-19(24)10-17-15-3-1-2-4-18(15)25-23-17/h1-6,9,11,22H,7-8,10H2,(H,21,24). The smallest absolute Gasteiger partial charge is 0.226 e. The minimum absolute atomic E-state index is 0.107. The zero-order chi connectivity index (χ0) is 17.2. The van der Waals surface area contributed by atoms with Gasteiger partial charge in [-0.1, -0.05) is 17.3 Å². The van der Waals surface area contributed by atoms with Crippen LogP contribution in [0.3, 0.4) is 0 Å². The summed E-state index contributed by atoms with van der Waals surface area (Å²) in [6, 6.07) is 12.1. The lowest BCUT2D eigenvalue weighted by molar-refractivity contribution is -0.120. The second-order valence-electron chi connectivity index (χ2n) is 5.91. The van der Waals surface area contributed by atoms with Crippen molar-refractivity contribution in [2.24, 2.45) is 0 Å². The Morgan fingerprint density at radius 3 is 3.00 bits per heavy atom. The number of nitrogens with one attached hydrogen (secondary N) is 2. The third-order valence-corrected chi connectivity index (χ3v) is 4.23. The summed E-state index contributed by atoms with van der Waals surface area (Å²) in [5.74, 6) is -0.376. The highest BCUT2D eigenvalue weighted by molar-refractivity contribution is 5.86. The molecule has 0 fully saturated rings. The predicted molar refractivity (Wildman–Crippen MR) is 92.7 cm³/mol. The van der Waals surface area contributed by atoms with Crippen molar-refractivity contribution in [1.82, 2.24) is 15.5 Å². The first-order valence-corrected chi connectivity index (χ1v) is 8.06. The van der Waals surface area contributed by atoms with Crippen LogP contribution in [-0.2, 0) is 17.6 Å². The van der Waals surface area contributed by atoms with Crippen molar-refractivity contribution >= 4 is 27.8 Å². The number of para-hydroxylation sites is 1. The molecule has 6 heteroatoms. The van der Waals surface area contributed by atoms with Gasteiger partial charge in [-0.05, 0) is 42.3 Å². The van der Waals surface area contributed by atoms with Crippen molar-refractivity contribution in [3.63, 3.8) is 0 Å². The Morgan fingerprint density at radius 2 is 2.08 bits per heavy atom. The SMILES string of the molecule is O=C(Cc1noc2ccccc12)NCCc1c[nH]c2cc(F)ccc12. The van der Waals surface area contributed by atoms with Gasteiger partial charge in [0, 0.05) is 29.0 Å². The van der Waals surface area contributed by atoms with Crippen molar-refractivity contribution in [3.8, 4) is 0 Å². The second-order valence-corrected chi connectivity index (χ2v) is 5.91. The maximum absolute atomic E-state index is 13.2. The molecule has 2 heterocycles. The van der Waals surface area contributed by atoms with Crippen molar-refractivity contribution in [3.05, 3.63) is 65.7 Å². The molecule has 0 bridgehead atoms. The second kappa shape index (κ2) is 6.39. The van der Waals surface area contributed by atoms with Crippen LogP contribution in [0.5, 0.6) is 0 Å². The van der Waals surface area contributed by atoms with Crippen LogP contribution in [0.15, 0.2) is 53.2 Å². The quantitative estimate of drug-likeness (QED) is 0.587. The number of halogens is 1. The van der Waals surface area contributed by atoms with Crippen LogP contribution < -0.4 is 5.32 Å². The molecule has 0 spiro atoms. The summed E-state index contributed by atoms with van der Waals surface area (Å²) >= 11 is 0. The van der Waals surface area contributed by atoms with Crippen LogP contribution >= 0.6 is 0 Å². The first-order valence-electron chi connectivity index (χ1n) is 8.06. The van der Waals surface area contributed by atoms with E-state index < -0.39 is 0 Å². The maximum Gasteiger partial charge on any atom is 0.226 e. The lowest BCUT2D eigenvalue weighted by Crippen LogP contribution is -2.27. The van der Waals surface area contributed by atoms with Crippen molar-refractivity contribution < 1.29 is 13.7 Å². The number of carbonyl (C=O) groups excluding carboxylic acids is 1. The minimum Gasteiger partial charge on any atom is -0.361 e. The van der Waals surface area contributed by atoms with Gasteiger partial charge in [0.2, 0.25) is 5.91 Å². The monoisotopic (exact) mass is 337 g/mol. The van der Waals surface area contributed by atoms with Crippen LogP contribution in [0.25, 0.3) is 21.9 Å². The number of carbonyl (C=O) groups is 1. The Hall–Kier alpha value is -3.15. The molecule has 4 rings (SSSR count). The fourth-order valence-corrected chi connectivity index (χ4v) is 2.98. The predicted octanol–water partition coefficient (Wildman–Crippen LogP) is 3.35. The van der Waals surface area contributed by atoms with E-state index in [1.807, 2.05) is 30.5 Å². The highest BCUT2D eigenvalue weighted by atomic mass is 19.1. The van der Waals surface area contributed by atoms with Crippen LogP contribution in [0.1, 0.15) is 11.3 Å². The number of nitrogens with zero attached hydrogens (tertiary/aromatic N) is 1. The molecule has 2 N–H and O–H groups in total. The van der Waals surface area contributed by atoms with Gasteiger partial charge < -0.3 is 14.8 Å². The summed E-state index contributed by atoms with van der Waals surface area (Å²) < 4.78 is 18.4. The molecule has 4 aromatic rings. The molecule has 0 atom stereocenters. The third kappa shape index (κ3) is 3.10. The first kappa shape index (κ1) is 15.4. The molecule has 0 saturated heterocycles. The Morgan fingerprint density at radius 1 is 1.20 bits per heavy atom. The van der Waals surface area contributed by atoms with Gasteiger partial charge in [-0.15, -0.1) is 0 Å². The normalized spacial score (nSPS) is 11.2. The molecule has 0 aliphatic carbocycles. The van der Waals surface area contributed by atoms with E-state index in [4.69, 9.17) is 4.52 Å². The van der Waals surface area contributed by atoms with Gasteiger partial charge in [0.05, 0.1) is 6.42 Å². The summed E-state index contributed by atoms with van der Waals surface area (Å²) in [6.45, 7) is 0.499. The molecular weight excluding hydrogens is 321 g/mol. The zero-order valence-corrected chi connectivity index (χ0v) is 13.4. The number of hydrogen-bond donors (Lipinski definition) is 2. The minimum atomic E-state index is -0.269. The Balaban J connectivity index is 1.37. The number of aromatic nitrogens is 2. The van der Waals surface area contributed by atoms with Crippen LogP contribution in [-0.4, -0.2) is 22.6 Å². The summed E-state index contributed by atoms with van der Waals surface area (Å²) in [5, 5.41) is 8.69. The maximum atomic E-state index is 13.2. The lowest BCUT2D eigenvalue weighted by Gasteiger charge is -2.04. The number of rotatable bonds is 5. The average molecular weight is 337 g/mol. The Bertz CT molecular complexity index is 1050. The summed E-state index contributed by atoms with van der Waals surface area (Å²) in [5.41, 5.74) is 3.12. The molecule has 25 heavy (non-hydrogen) atoms. The molecule has 5 nitrogen and oxygen atoms in total. The average Bonchev–Trinajstić information content (AvgIpc) is 3.19. The first-order chi connectivity index (χ1) is 12.2. The van der Waals surface area contributed by atoms with E-state index >= 15 is 0 Å². The molecule has 1 amide bonds. The van der Waals surface area contributed by atoms with E-state index in [2.05, 4.69) is 15.5 Å². The molecular formula is C19H16FN3O2. The molecule has 2 aromatic carbocycles. The van der Waals surface area contributed by atoms with Gasteiger partial charge in [-0.3, -0.25) is 4.79 Å². The van der Waals surface area contributed by atoms with E-state index in [0.717, 1.165) is 21.9 Å². The van der Waals surface area contributed by atoms with E-state index in [1.165, 1.54) is 12.1 Å². The molecule has 126 valence electrons. The van der Waals surface area contributed by atoms with Gasteiger partial charge in [0.25, 0.3) is 0 Å². The van der Waals surface area contributed by atoms with Crippen molar-refractivity contribution in [2.75, 3.05) is 6.54 Å². The fourth-order valence-electron chi connectivity index (χ4n) is 2.98. The molecule has 0 saturated carbocycles. The number of amides is 1. The molecule has 0 radical (unpaired) electrons. The summed E-state index contributed by atoms with van der Waals surface area (Å²) in [4.78, 5) is 15.2. The Labute approximate surface area is 142 Å². The van der Waals surface area contributed by atoms with Gasteiger partial charge in [-0.25, -0.2) is 4.39 Å².